The summed E-state index contributed by atoms with van der Waals surface area (Å²) < 4.78 is 10.4. The molecule has 4 rings (SSSR count). The standard InChI is InChI=1S/C10H8.C9H10O2.C4H10.C3H8.4C2H6/c1-2-6-10-8-4-3-7-9(10)5-1;1-2-4-8(5-3-1)10-6-9-7-11-9;1-3-4-2;1-3-2;4*1-2/h1-8H;1-5,9H,6-7H2;3-4H2,1-2H3;3H2,1-2H3;4*1-2H3. The second-order valence-electron chi connectivity index (χ2n) is 6.63. The lowest BCUT2D eigenvalue weighted by molar-refractivity contribution is 0.263. The van der Waals surface area contributed by atoms with Gasteiger partial charge in [-0.25, -0.2) is 0 Å². The van der Waals surface area contributed by atoms with Crippen molar-refractivity contribution in [1.29, 1.82) is 0 Å². The van der Waals surface area contributed by atoms with Crippen LogP contribution in [0, 0.1) is 0 Å². The van der Waals surface area contributed by atoms with E-state index in [2.05, 4.69) is 76.2 Å². The van der Waals surface area contributed by atoms with Crippen molar-refractivity contribution in [2.45, 2.75) is 108 Å². The average molecular weight is 501 g/mol. The van der Waals surface area contributed by atoms with Gasteiger partial charge in [0.25, 0.3) is 0 Å². The minimum Gasteiger partial charge on any atom is -0.491 e. The number of hydrogen-bond acceptors (Lipinski definition) is 2. The predicted octanol–water partition coefficient (Wildman–Crippen LogP) is 11.6. The number of ether oxygens (including phenoxy) is 2. The molecule has 1 aliphatic rings. The maximum atomic E-state index is 5.40. The second kappa shape index (κ2) is 37.2. The number of rotatable bonds is 4. The summed E-state index contributed by atoms with van der Waals surface area (Å²) in [5, 5.41) is 2.62. The van der Waals surface area contributed by atoms with E-state index in [0.29, 0.717) is 12.7 Å². The van der Waals surface area contributed by atoms with Crippen molar-refractivity contribution in [2.75, 3.05) is 13.2 Å². The normalized spacial score (nSPS) is 11.3. The highest BCUT2D eigenvalue weighted by Gasteiger charge is 2.22. The lowest BCUT2D eigenvalue weighted by Crippen LogP contribution is -2.03. The number of benzene rings is 3. The van der Waals surface area contributed by atoms with Crippen LogP contribution in [0.5, 0.6) is 5.75 Å². The fourth-order valence-corrected chi connectivity index (χ4v) is 2.00. The lowest BCUT2D eigenvalue weighted by atomic mass is 10.1. The van der Waals surface area contributed by atoms with Crippen molar-refractivity contribution >= 4 is 10.8 Å². The Bertz CT molecular complexity index is 654. The lowest BCUT2D eigenvalue weighted by Gasteiger charge is -2.01. The smallest absolute Gasteiger partial charge is 0.119 e. The van der Waals surface area contributed by atoms with Gasteiger partial charge in [-0.1, -0.05) is 169 Å². The minimum atomic E-state index is 0.343. The van der Waals surface area contributed by atoms with Crippen LogP contribution >= 0.6 is 0 Å². The van der Waals surface area contributed by atoms with Crippen LogP contribution < -0.4 is 4.74 Å². The zero-order valence-electron chi connectivity index (χ0n) is 25.9. The second-order valence-corrected chi connectivity index (χ2v) is 6.63. The highest BCUT2D eigenvalue weighted by atomic mass is 16.6. The molecule has 1 aliphatic heterocycles. The number of fused-ring (bicyclic) bond motifs is 1. The monoisotopic (exact) mass is 500 g/mol. The van der Waals surface area contributed by atoms with Gasteiger partial charge in [0.15, 0.2) is 0 Å². The van der Waals surface area contributed by atoms with Crippen LogP contribution in [-0.4, -0.2) is 19.3 Å². The number of para-hydroxylation sites is 1. The van der Waals surface area contributed by atoms with Gasteiger partial charge >= 0.3 is 0 Å². The summed E-state index contributed by atoms with van der Waals surface area (Å²) in [6.07, 6.45) is 4.23. The van der Waals surface area contributed by atoms with Crippen LogP contribution in [0.4, 0.5) is 0 Å². The number of epoxide rings is 1. The largest absolute Gasteiger partial charge is 0.491 e. The molecule has 0 aliphatic carbocycles. The summed E-state index contributed by atoms with van der Waals surface area (Å²) in [5.74, 6) is 0.919. The zero-order valence-corrected chi connectivity index (χ0v) is 25.9. The Morgan fingerprint density at radius 3 is 1.17 bits per heavy atom. The molecule has 0 bridgehead atoms. The molecule has 0 amide bonds. The van der Waals surface area contributed by atoms with Gasteiger partial charge in [0, 0.05) is 0 Å². The summed E-state index contributed by atoms with van der Waals surface area (Å²) in [5.41, 5.74) is 0. The molecule has 2 heteroatoms. The van der Waals surface area contributed by atoms with E-state index in [-0.39, 0.29) is 0 Å². The SMILES string of the molecule is CC.CC.CC.CC.CCC.CCCC.c1ccc(OCC2CO2)cc1.c1ccc2ccccc2c1. The first kappa shape index (κ1) is 40.8. The van der Waals surface area contributed by atoms with E-state index in [4.69, 9.17) is 9.47 Å². The molecule has 3 aromatic rings. The maximum Gasteiger partial charge on any atom is 0.119 e. The first-order valence-corrected chi connectivity index (χ1v) is 14.5. The van der Waals surface area contributed by atoms with Crippen molar-refractivity contribution in [3.05, 3.63) is 78.9 Å². The van der Waals surface area contributed by atoms with Gasteiger partial charge in [-0.3, -0.25) is 0 Å². The molecule has 208 valence electrons. The summed E-state index contributed by atoms with van der Waals surface area (Å²) in [6.45, 7) is 26.1. The third-order valence-electron chi connectivity index (χ3n) is 3.74. The van der Waals surface area contributed by atoms with Crippen molar-refractivity contribution in [2.24, 2.45) is 0 Å². The molecule has 3 aromatic carbocycles. The Hall–Kier alpha value is -2.32. The Kier molecular flexibility index (Phi) is 42.2. The molecule has 1 unspecified atom stereocenters. The van der Waals surface area contributed by atoms with E-state index in [1.54, 1.807) is 0 Å². The molecule has 1 saturated heterocycles. The van der Waals surface area contributed by atoms with Gasteiger partial charge in [-0.05, 0) is 22.9 Å². The van der Waals surface area contributed by atoms with E-state index < -0.39 is 0 Å². The molecule has 2 nitrogen and oxygen atoms in total. The molecular weight excluding hydrogens is 440 g/mol. The quantitative estimate of drug-likeness (QED) is 0.332. The van der Waals surface area contributed by atoms with Crippen LogP contribution in [0.2, 0.25) is 0 Å². The van der Waals surface area contributed by atoms with Gasteiger partial charge in [0.2, 0.25) is 0 Å². The number of hydrogen-bond donors (Lipinski definition) is 0. The van der Waals surface area contributed by atoms with Crippen LogP contribution in [0.15, 0.2) is 78.9 Å². The van der Waals surface area contributed by atoms with Gasteiger partial charge in [-0.2, -0.15) is 0 Å². The van der Waals surface area contributed by atoms with Gasteiger partial charge < -0.3 is 9.47 Å². The third-order valence-corrected chi connectivity index (χ3v) is 3.74. The van der Waals surface area contributed by atoms with E-state index in [0.717, 1.165) is 12.4 Å². The van der Waals surface area contributed by atoms with Gasteiger partial charge in [0.1, 0.15) is 18.5 Å². The van der Waals surface area contributed by atoms with E-state index in [1.165, 1.54) is 30.0 Å². The van der Waals surface area contributed by atoms with Crippen LogP contribution in [0.25, 0.3) is 10.8 Å². The Morgan fingerprint density at radius 2 is 0.889 bits per heavy atom. The highest BCUT2D eigenvalue weighted by molar-refractivity contribution is 5.81. The Labute approximate surface area is 226 Å². The summed E-state index contributed by atoms with van der Waals surface area (Å²) in [6, 6.07) is 26.5. The molecule has 0 spiro atoms. The molecular formula is C34H60O2. The summed E-state index contributed by atoms with van der Waals surface area (Å²) >= 11 is 0. The van der Waals surface area contributed by atoms with E-state index in [1.807, 2.05) is 85.7 Å². The van der Waals surface area contributed by atoms with Crippen molar-refractivity contribution in [3.63, 3.8) is 0 Å². The van der Waals surface area contributed by atoms with Crippen LogP contribution in [0.3, 0.4) is 0 Å². The highest BCUT2D eigenvalue weighted by Crippen LogP contribution is 2.13. The summed E-state index contributed by atoms with van der Waals surface area (Å²) in [4.78, 5) is 0. The fraction of sp³-hybridized carbons (Fsp3) is 0.529. The van der Waals surface area contributed by atoms with Crippen LogP contribution in [0.1, 0.15) is 102 Å². The zero-order chi connectivity index (χ0) is 28.5. The third kappa shape index (κ3) is 27.9. The molecule has 1 heterocycles. The molecule has 36 heavy (non-hydrogen) atoms. The Morgan fingerprint density at radius 1 is 0.583 bits per heavy atom. The maximum absolute atomic E-state index is 5.40. The minimum absolute atomic E-state index is 0.343. The van der Waals surface area contributed by atoms with Crippen LogP contribution in [-0.2, 0) is 4.74 Å². The molecule has 0 saturated carbocycles. The van der Waals surface area contributed by atoms with Gasteiger partial charge in [0.05, 0.1) is 6.61 Å². The topological polar surface area (TPSA) is 21.8 Å². The molecule has 0 N–H and O–H groups in total. The van der Waals surface area contributed by atoms with Crippen molar-refractivity contribution in [3.8, 4) is 5.75 Å². The fourth-order valence-electron chi connectivity index (χ4n) is 2.00. The molecule has 0 aromatic heterocycles. The molecule has 1 fully saturated rings. The molecule has 0 radical (unpaired) electrons. The van der Waals surface area contributed by atoms with E-state index in [9.17, 15) is 0 Å². The predicted molar refractivity (Wildman–Crippen MR) is 168 cm³/mol. The molecule has 1 atom stereocenters. The first-order valence-electron chi connectivity index (χ1n) is 14.5. The van der Waals surface area contributed by atoms with E-state index >= 15 is 0 Å². The first-order chi connectivity index (χ1) is 17.7. The summed E-state index contributed by atoms with van der Waals surface area (Å²) in [7, 11) is 0. The Balaban J connectivity index is -0.000000188. The van der Waals surface area contributed by atoms with Crippen molar-refractivity contribution < 1.29 is 9.47 Å². The van der Waals surface area contributed by atoms with Gasteiger partial charge in [-0.15, -0.1) is 0 Å². The average Bonchev–Trinajstić information content (AvgIpc) is 3.82. The van der Waals surface area contributed by atoms with Crippen molar-refractivity contribution in [1.82, 2.24) is 0 Å². The number of unbranched alkanes of at least 4 members (excludes halogenated alkanes) is 1.